The van der Waals surface area contributed by atoms with Gasteiger partial charge in [-0.15, -0.1) is 0 Å². The number of rotatable bonds is 4. The van der Waals surface area contributed by atoms with Gasteiger partial charge in [-0.2, -0.15) is 10.1 Å². The normalized spacial score (nSPS) is 10.9. The summed E-state index contributed by atoms with van der Waals surface area (Å²) in [5.41, 5.74) is 2.39. The second kappa shape index (κ2) is 7.62. The van der Waals surface area contributed by atoms with E-state index in [1.807, 2.05) is 0 Å². The molecule has 0 spiro atoms. The summed E-state index contributed by atoms with van der Waals surface area (Å²) in [7, 11) is 2.52. The number of carbonyl (C=O) groups excluding carboxylic acids is 2. The topological polar surface area (TPSA) is 141 Å². The number of carbonyl (C=O) groups is 2. The zero-order chi connectivity index (χ0) is 21.3. The van der Waals surface area contributed by atoms with Gasteiger partial charge in [0.1, 0.15) is 11.0 Å². The van der Waals surface area contributed by atoms with Gasteiger partial charge in [0.05, 0.1) is 38.0 Å². The fourth-order valence-electron chi connectivity index (χ4n) is 3.11. The molecule has 3 heterocycles. The van der Waals surface area contributed by atoms with E-state index in [2.05, 4.69) is 30.1 Å². The first-order valence-corrected chi connectivity index (χ1v) is 8.74. The standard InChI is InChI=1S/C19H16N6O5/c1-29-17(27)12-6-5-10(14-11(12)4-3-7-20-14)9-25-15-13(8-21-25)22-18(23-16(15)26)24-19(28)30-2/h3-8H,9H2,1-2H3,(H2,22,23,24,26,28). The summed E-state index contributed by atoms with van der Waals surface area (Å²) in [6, 6.07) is 6.92. The number of aromatic hydroxyl groups is 1. The second-order valence-electron chi connectivity index (χ2n) is 6.19. The molecule has 11 nitrogen and oxygen atoms in total. The maximum absolute atomic E-state index is 12.0. The van der Waals surface area contributed by atoms with Crippen LogP contribution in [0.25, 0.3) is 21.9 Å². The van der Waals surface area contributed by atoms with Crippen LogP contribution in [0.3, 0.4) is 0 Å². The van der Waals surface area contributed by atoms with Crippen molar-refractivity contribution < 1.29 is 24.2 Å². The third-order valence-corrected chi connectivity index (χ3v) is 4.45. The summed E-state index contributed by atoms with van der Waals surface area (Å²) < 4.78 is 10.8. The largest absolute Gasteiger partial charge is 0.492 e. The van der Waals surface area contributed by atoms with Crippen molar-refractivity contribution in [1.82, 2.24) is 24.7 Å². The molecule has 4 aromatic rings. The smallest absolute Gasteiger partial charge is 0.413 e. The van der Waals surface area contributed by atoms with Gasteiger partial charge in [0.25, 0.3) is 0 Å². The highest BCUT2D eigenvalue weighted by atomic mass is 16.5. The number of fused-ring (bicyclic) bond motifs is 2. The summed E-state index contributed by atoms with van der Waals surface area (Å²) in [5.74, 6) is -0.922. The zero-order valence-corrected chi connectivity index (χ0v) is 16.0. The predicted octanol–water partition coefficient (Wildman–Crippen LogP) is 2.09. The Morgan fingerprint density at radius 3 is 2.77 bits per heavy atom. The number of hydrogen-bond donors (Lipinski definition) is 2. The first kappa shape index (κ1) is 19.1. The Morgan fingerprint density at radius 2 is 2.00 bits per heavy atom. The lowest BCUT2D eigenvalue weighted by atomic mass is 10.0. The van der Waals surface area contributed by atoms with Crippen molar-refractivity contribution in [3.05, 3.63) is 47.8 Å². The van der Waals surface area contributed by atoms with Gasteiger partial charge in [-0.1, -0.05) is 12.1 Å². The molecule has 0 saturated carbocycles. The lowest BCUT2D eigenvalue weighted by molar-refractivity contribution is 0.0603. The lowest BCUT2D eigenvalue weighted by Gasteiger charge is -2.10. The first-order chi connectivity index (χ1) is 14.5. The van der Waals surface area contributed by atoms with E-state index < -0.39 is 12.1 Å². The fourth-order valence-corrected chi connectivity index (χ4v) is 3.11. The second-order valence-corrected chi connectivity index (χ2v) is 6.19. The number of benzene rings is 1. The van der Waals surface area contributed by atoms with Gasteiger partial charge < -0.3 is 14.6 Å². The molecule has 0 unspecified atom stereocenters. The molecule has 0 aliphatic rings. The third kappa shape index (κ3) is 3.32. The third-order valence-electron chi connectivity index (χ3n) is 4.45. The van der Waals surface area contributed by atoms with Crippen molar-refractivity contribution in [2.45, 2.75) is 6.54 Å². The number of methoxy groups -OCH3 is 2. The molecule has 1 aromatic carbocycles. The van der Waals surface area contributed by atoms with Crippen molar-refractivity contribution in [3.8, 4) is 5.88 Å². The van der Waals surface area contributed by atoms with Crippen molar-refractivity contribution in [2.24, 2.45) is 0 Å². The van der Waals surface area contributed by atoms with Crippen LogP contribution < -0.4 is 5.32 Å². The summed E-state index contributed by atoms with van der Waals surface area (Å²) in [6.45, 7) is 0.235. The number of esters is 1. The summed E-state index contributed by atoms with van der Waals surface area (Å²) in [6.07, 6.45) is 2.31. The van der Waals surface area contributed by atoms with E-state index in [1.54, 1.807) is 30.5 Å². The maximum atomic E-state index is 12.0. The Bertz CT molecular complexity index is 1290. The molecule has 0 atom stereocenters. The van der Waals surface area contributed by atoms with Gasteiger partial charge in [0, 0.05) is 11.6 Å². The van der Waals surface area contributed by atoms with E-state index >= 15 is 0 Å². The van der Waals surface area contributed by atoms with E-state index in [9.17, 15) is 14.7 Å². The minimum Gasteiger partial charge on any atom is -0.492 e. The van der Waals surface area contributed by atoms with Gasteiger partial charge in [0.2, 0.25) is 11.8 Å². The summed E-state index contributed by atoms with van der Waals surface area (Å²) >= 11 is 0. The molecule has 0 radical (unpaired) electrons. The molecule has 0 saturated heterocycles. The molecule has 1 amide bonds. The van der Waals surface area contributed by atoms with E-state index in [-0.39, 0.29) is 23.9 Å². The van der Waals surface area contributed by atoms with Crippen LogP contribution in [0.1, 0.15) is 15.9 Å². The van der Waals surface area contributed by atoms with Gasteiger partial charge >= 0.3 is 12.1 Å². The van der Waals surface area contributed by atoms with E-state index in [0.29, 0.717) is 22.0 Å². The molecular weight excluding hydrogens is 392 g/mol. The average molecular weight is 408 g/mol. The van der Waals surface area contributed by atoms with E-state index in [1.165, 1.54) is 25.1 Å². The van der Waals surface area contributed by atoms with Crippen molar-refractivity contribution in [1.29, 1.82) is 0 Å². The molecule has 0 aliphatic heterocycles. The molecule has 4 rings (SSSR count). The Hall–Kier alpha value is -4.28. The van der Waals surface area contributed by atoms with Crippen LogP contribution in [0.2, 0.25) is 0 Å². The molecular formula is C19H16N6O5. The molecule has 0 fully saturated rings. The Balaban J connectivity index is 1.76. The number of ether oxygens (including phenoxy) is 2. The number of nitrogens with zero attached hydrogens (tertiary/aromatic N) is 5. The van der Waals surface area contributed by atoms with Crippen LogP contribution in [0.4, 0.5) is 10.7 Å². The van der Waals surface area contributed by atoms with Gasteiger partial charge in [-0.3, -0.25) is 15.0 Å². The monoisotopic (exact) mass is 408 g/mol. The maximum Gasteiger partial charge on any atom is 0.413 e. The highest BCUT2D eigenvalue weighted by Gasteiger charge is 2.17. The molecule has 30 heavy (non-hydrogen) atoms. The molecule has 3 aromatic heterocycles. The molecule has 0 aliphatic carbocycles. The van der Waals surface area contributed by atoms with Crippen LogP contribution in [-0.4, -0.2) is 56.1 Å². The van der Waals surface area contributed by atoms with Crippen molar-refractivity contribution in [2.75, 3.05) is 19.5 Å². The van der Waals surface area contributed by atoms with E-state index in [4.69, 9.17) is 4.74 Å². The van der Waals surface area contributed by atoms with Gasteiger partial charge in [-0.05, 0) is 17.7 Å². The number of anilines is 1. The number of aromatic nitrogens is 5. The Kier molecular flexibility index (Phi) is 4.84. The number of amides is 1. The SMILES string of the molecule is COC(=O)Nc1nc(O)c2c(cnn2Cc2ccc(C(=O)OC)c3cccnc23)n1. The van der Waals surface area contributed by atoms with Gasteiger partial charge in [-0.25, -0.2) is 14.6 Å². The molecule has 0 bridgehead atoms. The molecule has 2 N–H and O–H groups in total. The zero-order valence-electron chi connectivity index (χ0n) is 16.0. The average Bonchev–Trinajstić information content (AvgIpc) is 3.16. The minimum atomic E-state index is -0.760. The van der Waals surface area contributed by atoms with Crippen LogP contribution >= 0.6 is 0 Å². The quantitative estimate of drug-likeness (QED) is 0.485. The molecule has 11 heteroatoms. The van der Waals surface area contributed by atoms with Gasteiger partial charge in [0.15, 0.2) is 0 Å². The van der Waals surface area contributed by atoms with Crippen LogP contribution in [0, 0.1) is 0 Å². The Labute approximate surface area is 169 Å². The minimum absolute atomic E-state index is 0.110. The van der Waals surface area contributed by atoms with Crippen LogP contribution in [-0.2, 0) is 16.0 Å². The lowest BCUT2D eigenvalue weighted by Crippen LogP contribution is -2.13. The highest BCUT2D eigenvalue weighted by molar-refractivity contribution is 6.04. The van der Waals surface area contributed by atoms with Crippen molar-refractivity contribution >= 4 is 39.9 Å². The first-order valence-electron chi connectivity index (χ1n) is 8.74. The van der Waals surface area contributed by atoms with Crippen molar-refractivity contribution in [3.63, 3.8) is 0 Å². The molecule has 152 valence electrons. The highest BCUT2D eigenvalue weighted by Crippen LogP contribution is 2.26. The number of nitrogens with one attached hydrogen (secondary N) is 1. The summed E-state index contributed by atoms with van der Waals surface area (Å²) in [4.78, 5) is 35.8. The van der Waals surface area contributed by atoms with E-state index in [0.717, 1.165) is 5.56 Å². The van der Waals surface area contributed by atoms with Crippen LogP contribution in [0.5, 0.6) is 5.88 Å². The predicted molar refractivity (Wildman–Crippen MR) is 105 cm³/mol. The number of pyridine rings is 1. The fraction of sp³-hybridized carbons (Fsp3) is 0.158. The van der Waals surface area contributed by atoms with Crippen LogP contribution in [0.15, 0.2) is 36.7 Å². The summed E-state index contributed by atoms with van der Waals surface area (Å²) in [5, 5.41) is 17.6. The number of hydrogen-bond acceptors (Lipinski definition) is 9. The Morgan fingerprint density at radius 1 is 1.17 bits per heavy atom.